The van der Waals surface area contributed by atoms with Crippen molar-refractivity contribution in [1.82, 2.24) is 14.7 Å². The maximum Gasteiger partial charge on any atom is 0.327 e. The predicted octanol–water partition coefficient (Wildman–Crippen LogP) is 0.176. The van der Waals surface area contributed by atoms with Gasteiger partial charge in [0.2, 0.25) is 5.91 Å². The lowest BCUT2D eigenvalue weighted by atomic mass is 10.2. The van der Waals surface area contributed by atoms with E-state index in [1.165, 1.54) is 4.90 Å². The van der Waals surface area contributed by atoms with E-state index < -0.39 is 0 Å². The summed E-state index contributed by atoms with van der Waals surface area (Å²) in [6.45, 7) is 1.22. The van der Waals surface area contributed by atoms with Crippen LogP contribution in [0, 0.1) is 0 Å². The summed E-state index contributed by atoms with van der Waals surface area (Å²) in [5.74, 6) is 0.0121. The molecule has 0 unspecified atom stereocenters. The van der Waals surface area contributed by atoms with Crippen LogP contribution in [0.3, 0.4) is 0 Å². The molecule has 4 aliphatic rings. The molecule has 1 saturated carbocycles. The number of hydrogen-bond acceptors (Lipinski definition) is 3. The van der Waals surface area contributed by atoms with Gasteiger partial charge in [0.1, 0.15) is 6.04 Å². The Morgan fingerprint density at radius 2 is 1.74 bits per heavy atom. The quantitative estimate of drug-likeness (QED) is 0.668. The van der Waals surface area contributed by atoms with Crippen LogP contribution in [0.5, 0.6) is 0 Å². The van der Waals surface area contributed by atoms with Gasteiger partial charge in [-0.15, -0.1) is 0 Å². The van der Waals surface area contributed by atoms with Crippen LogP contribution in [0.2, 0.25) is 0 Å². The molecule has 3 heterocycles. The van der Waals surface area contributed by atoms with E-state index in [1.54, 1.807) is 4.90 Å². The second kappa shape index (κ2) is 3.71. The number of imide groups is 1. The largest absolute Gasteiger partial charge is 0.338 e. The zero-order chi connectivity index (χ0) is 13.1. The molecule has 4 rings (SSSR count). The van der Waals surface area contributed by atoms with Gasteiger partial charge in [0, 0.05) is 25.6 Å². The molecule has 3 aliphatic heterocycles. The summed E-state index contributed by atoms with van der Waals surface area (Å²) in [7, 11) is 0. The van der Waals surface area contributed by atoms with E-state index in [0.29, 0.717) is 25.6 Å². The fraction of sp³-hybridized carbons (Fsp3) is 0.769. The monoisotopic (exact) mass is 263 g/mol. The Morgan fingerprint density at radius 1 is 0.947 bits per heavy atom. The molecule has 4 fully saturated rings. The molecule has 1 aliphatic carbocycles. The Balaban J connectivity index is 1.55. The molecule has 0 bridgehead atoms. The second-order valence-corrected chi connectivity index (χ2v) is 5.98. The molecule has 2 atom stereocenters. The summed E-state index contributed by atoms with van der Waals surface area (Å²) >= 11 is 0. The molecule has 3 saturated heterocycles. The normalized spacial score (nSPS) is 34.7. The Labute approximate surface area is 111 Å². The van der Waals surface area contributed by atoms with Crippen molar-refractivity contribution in [3.63, 3.8) is 0 Å². The molecule has 19 heavy (non-hydrogen) atoms. The van der Waals surface area contributed by atoms with Gasteiger partial charge < -0.3 is 9.80 Å². The number of hydrogen-bond donors (Lipinski definition) is 0. The zero-order valence-electron chi connectivity index (χ0n) is 10.7. The number of rotatable bonds is 2. The third-order valence-corrected chi connectivity index (χ3v) is 4.72. The number of carbonyl (C=O) groups excluding carboxylic acids is 3. The molecule has 0 aromatic carbocycles. The summed E-state index contributed by atoms with van der Waals surface area (Å²) in [5.41, 5.74) is 0. The van der Waals surface area contributed by atoms with Crippen molar-refractivity contribution in [3.8, 4) is 0 Å². The van der Waals surface area contributed by atoms with Crippen LogP contribution in [0.25, 0.3) is 0 Å². The first kappa shape index (κ1) is 11.3. The van der Waals surface area contributed by atoms with Crippen LogP contribution in [-0.4, -0.2) is 63.8 Å². The SMILES string of the molecule is O=C1C[C@@H](N2C(=O)[C@@H]3CCCN3C2=O)CN1C1CC1. The third kappa shape index (κ3) is 1.52. The molecule has 102 valence electrons. The fourth-order valence-corrected chi connectivity index (χ4v) is 3.61. The van der Waals surface area contributed by atoms with E-state index in [1.807, 2.05) is 4.90 Å². The summed E-state index contributed by atoms with van der Waals surface area (Å²) in [4.78, 5) is 41.4. The minimum absolute atomic E-state index is 0.0852. The van der Waals surface area contributed by atoms with Gasteiger partial charge in [0.25, 0.3) is 5.91 Å². The van der Waals surface area contributed by atoms with E-state index in [2.05, 4.69) is 0 Å². The van der Waals surface area contributed by atoms with Gasteiger partial charge in [-0.05, 0) is 25.7 Å². The minimum atomic E-state index is -0.252. The Morgan fingerprint density at radius 3 is 2.42 bits per heavy atom. The van der Waals surface area contributed by atoms with Gasteiger partial charge in [-0.3, -0.25) is 14.5 Å². The number of amides is 4. The zero-order valence-corrected chi connectivity index (χ0v) is 10.7. The van der Waals surface area contributed by atoms with Crippen LogP contribution >= 0.6 is 0 Å². The molecule has 0 aromatic rings. The van der Waals surface area contributed by atoms with Gasteiger partial charge in [-0.25, -0.2) is 4.79 Å². The van der Waals surface area contributed by atoms with Crippen LogP contribution in [0.15, 0.2) is 0 Å². The smallest absolute Gasteiger partial charge is 0.327 e. The van der Waals surface area contributed by atoms with E-state index in [-0.39, 0.29) is 29.9 Å². The van der Waals surface area contributed by atoms with E-state index in [4.69, 9.17) is 0 Å². The van der Waals surface area contributed by atoms with Gasteiger partial charge >= 0.3 is 6.03 Å². The lowest BCUT2D eigenvalue weighted by Crippen LogP contribution is -2.43. The number of nitrogens with zero attached hydrogens (tertiary/aromatic N) is 3. The summed E-state index contributed by atoms with van der Waals surface area (Å²) < 4.78 is 0. The van der Waals surface area contributed by atoms with Crippen molar-refractivity contribution in [2.75, 3.05) is 13.1 Å². The average Bonchev–Trinajstić information content (AvgIpc) is 2.89. The molecule has 0 N–H and O–H groups in total. The Bertz CT molecular complexity index is 452. The summed E-state index contributed by atoms with van der Waals surface area (Å²) in [5, 5.41) is 0. The topological polar surface area (TPSA) is 60.9 Å². The maximum atomic E-state index is 12.3. The average molecular weight is 263 g/mol. The van der Waals surface area contributed by atoms with Crippen molar-refractivity contribution < 1.29 is 14.4 Å². The second-order valence-electron chi connectivity index (χ2n) is 5.98. The van der Waals surface area contributed by atoms with Gasteiger partial charge in [0.15, 0.2) is 0 Å². The molecule has 0 aromatic heterocycles. The summed E-state index contributed by atoms with van der Waals surface area (Å²) in [6.07, 6.45) is 4.13. The molecular formula is C13H17N3O3. The predicted molar refractivity (Wildman–Crippen MR) is 65.1 cm³/mol. The Kier molecular flexibility index (Phi) is 2.20. The van der Waals surface area contributed by atoms with E-state index in [9.17, 15) is 14.4 Å². The van der Waals surface area contributed by atoms with Gasteiger partial charge in [-0.2, -0.15) is 0 Å². The summed E-state index contributed by atoms with van der Waals surface area (Å²) in [6, 6.07) is -0.302. The van der Waals surface area contributed by atoms with Crippen molar-refractivity contribution in [1.29, 1.82) is 0 Å². The van der Waals surface area contributed by atoms with Crippen LogP contribution < -0.4 is 0 Å². The highest BCUT2D eigenvalue weighted by molar-refractivity contribution is 6.05. The van der Waals surface area contributed by atoms with Crippen molar-refractivity contribution in [2.24, 2.45) is 0 Å². The molecule has 4 amide bonds. The fourth-order valence-electron chi connectivity index (χ4n) is 3.61. The third-order valence-electron chi connectivity index (χ3n) is 4.72. The highest BCUT2D eigenvalue weighted by atomic mass is 16.2. The van der Waals surface area contributed by atoms with Crippen LogP contribution in [-0.2, 0) is 9.59 Å². The molecule has 6 nitrogen and oxygen atoms in total. The van der Waals surface area contributed by atoms with Gasteiger partial charge in [-0.1, -0.05) is 0 Å². The van der Waals surface area contributed by atoms with Crippen molar-refractivity contribution >= 4 is 17.8 Å². The molecular weight excluding hydrogens is 246 g/mol. The van der Waals surface area contributed by atoms with E-state index >= 15 is 0 Å². The highest BCUT2D eigenvalue weighted by Crippen LogP contribution is 2.35. The maximum absolute atomic E-state index is 12.3. The van der Waals surface area contributed by atoms with E-state index in [0.717, 1.165) is 25.7 Å². The molecule has 0 radical (unpaired) electrons. The van der Waals surface area contributed by atoms with Crippen LogP contribution in [0.4, 0.5) is 4.79 Å². The minimum Gasteiger partial charge on any atom is -0.338 e. The van der Waals surface area contributed by atoms with Crippen molar-refractivity contribution in [2.45, 2.75) is 50.2 Å². The van der Waals surface area contributed by atoms with Crippen molar-refractivity contribution in [3.05, 3.63) is 0 Å². The molecule has 6 heteroatoms. The number of urea groups is 1. The lowest BCUT2D eigenvalue weighted by molar-refractivity contribution is -0.129. The lowest BCUT2D eigenvalue weighted by Gasteiger charge is -2.22. The number of carbonyl (C=O) groups is 3. The number of fused-ring (bicyclic) bond motifs is 1. The standard InChI is InChI=1S/C13H17N3O3/c17-11-6-9(7-15(11)8-3-4-8)16-12(18)10-2-1-5-14(10)13(16)19/h8-10H,1-7H2/t9-,10+/m1/s1. The first-order valence-electron chi connectivity index (χ1n) is 7.10. The first-order valence-corrected chi connectivity index (χ1v) is 7.10. The first-order chi connectivity index (χ1) is 9.16. The van der Waals surface area contributed by atoms with Crippen LogP contribution in [0.1, 0.15) is 32.1 Å². The Hall–Kier alpha value is -1.59. The highest BCUT2D eigenvalue weighted by Gasteiger charge is 2.53. The van der Waals surface area contributed by atoms with Gasteiger partial charge in [0.05, 0.1) is 6.04 Å². The number of likely N-dealkylation sites (tertiary alicyclic amines) is 1. The molecule has 0 spiro atoms.